The molecule has 1 saturated heterocycles. The van der Waals surface area contributed by atoms with Gasteiger partial charge >= 0.3 is 0 Å². The minimum Gasteiger partial charge on any atom is -0.298 e. The molecule has 1 aromatic rings. The fraction of sp³-hybridized carbons (Fsp3) is 0.500. The molecule has 2 rings (SSSR count). The van der Waals surface area contributed by atoms with Gasteiger partial charge in [-0.25, -0.2) is 17.5 Å². The summed E-state index contributed by atoms with van der Waals surface area (Å²) in [6.07, 6.45) is 1.82. The van der Waals surface area contributed by atoms with Gasteiger partial charge in [0.2, 0.25) is 10.0 Å². The van der Waals surface area contributed by atoms with Gasteiger partial charge in [0.1, 0.15) is 5.82 Å². The van der Waals surface area contributed by atoms with Crippen molar-refractivity contribution in [3.63, 3.8) is 0 Å². The van der Waals surface area contributed by atoms with Crippen LogP contribution in [0, 0.1) is 5.82 Å². The van der Waals surface area contributed by atoms with Crippen LogP contribution in [0.15, 0.2) is 18.2 Å². The molecule has 1 N–H and O–H groups in total. The molecule has 2 atom stereocenters. The maximum Gasteiger partial charge on any atom is 0.209 e. The van der Waals surface area contributed by atoms with E-state index in [1.165, 1.54) is 12.1 Å². The van der Waals surface area contributed by atoms with Gasteiger partial charge in [-0.05, 0) is 31.2 Å². The average molecular weight is 307 g/mol. The summed E-state index contributed by atoms with van der Waals surface area (Å²) >= 11 is 5.67. The highest BCUT2D eigenvalue weighted by molar-refractivity contribution is 7.88. The predicted molar refractivity (Wildman–Crippen MR) is 73.2 cm³/mol. The Morgan fingerprint density at radius 1 is 1.47 bits per heavy atom. The van der Waals surface area contributed by atoms with E-state index in [0.717, 1.165) is 18.4 Å². The van der Waals surface area contributed by atoms with Crippen LogP contribution in [0.3, 0.4) is 0 Å². The van der Waals surface area contributed by atoms with Crippen LogP contribution in [-0.2, 0) is 10.0 Å². The first-order valence-electron chi connectivity index (χ1n) is 5.90. The zero-order chi connectivity index (χ0) is 14.2. The second-order valence-electron chi connectivity index (χ2n) is 4.88. The number of sulfonamides is 1. The smallest absolute Gasteiger partial charge is 0.209 e. The van der Waals surface area contributed by atoms with E-state index >= 15 is 0 Å². The topological polar surface area (TPSA) is 49.4 Å². The van der Waals surface area contributed by atoms with E-state index < -0.39 is 15.8 Å². The largest absolute Gasteiger partial charge is 0.298 e. The molecule has 0 unspecified atom stereocenters. The van der Waals surface area contributed by atoms with Gasteiger partial charge in [0.15, 0.2) is 0 Å². The van der Waals surface area contributed by atoms with Gasteiger partial charge in [0, 0.05) is 12.6 Å². The lowest BCUT2D eigenvalue weighted by molar-refractivity contribution is 0.297. The number of hydrogen-bond donors (Lipinski definition) is 1. The second kappa shape index (κ2) is 5.36. The highest BCUT2D eigenvalue weighted by atomic mass is 35.5. The third-order valence-corrected chi connectivity index (χ3v) is 4.34. The molecule has 0 bridgehead atoms. The van der Waals surface area contributed by atoms with Crippen molar-refractivity contribution in [3.05, 3.63) is 34.6 Å². The van der Waals surface area contributed by atoms with Crippen molar-refractivity contribution >= 4 is 21.6 Å². The zero-order valence-corrected chi connectivity index (χ0v) is 12.3. The average Bonchev–Trinajstić information content (AvgIpc) is 2.62. The molecule has 19 heavy (non-hydrogen) atoms. The molecule has 0 spiro atoms. The summed E-state index contributed by atoms with van der Waals surface area (Å²) in [6.45, 7) is 0.752. The second-order valence-corrected chi connectivity index (χ2v) is 7.07. The highest BCUT2D eigenvalue weighted by Gasteiger charge is 2.34. The summed E-state index contributed by atoms with van der Waals surface area (Å²) in [6, 6.07) is 4.17. The van der Waals surface area contributed by atoms with E-state index in [9.17, 15) is 12.8 Å². The fourth-order valence-electron chi connectivity index (χ4n) is 2.53. The van der Waals surface area contributed by atoms with Crippen molar-refractivity contribution in [1.82, 2.24) is 9.62 Å². The van der Waals surface area contributed by atoms with Gasteiger partial charge in [-0.1, -0.05) is 17.7 Å². The maximum atomic E-state index is 13.5. The van der Waals surface area contributed by atoms with Crippen LogP contribution in [0.4, 0.5) is 4.39 Å². The van der Waals surface area contributed by atoms with Crippen LogP contribution in [0.1, 0.15) is 18.0 Å². The van der Waals surface area contributed by atoms with Gasteiger partial charge < -0.3 is 0 Å². The van der Waals surface area contributed by atoms with Crippen molar-refractivity contribution in [2.24, 2.45) is 0 Å². The van der Waals surface area contributed by atoms with Crippen LogP contribution in [0.2, 0.25) is 5.02 Å². The fourth-order valence-corrected chi connectivity index (χ4v) is 3.44. The molecular weight excluding hydrogens is 291 g/mol. The SMILES string of the molecule is CN1CC[C@H](NS(C)(=O)=O)[C@@H]1c1ccc(Cl)c(F)c1. The lowest BCUT2D eigenvalue weighted by atomic mass is 10.0. The lowest BCUT2D eigenvalue weighted by Crippen LogP contribution is -2.38. The molecule has 4 nitrogen and oxygen atoms in total. The first-order valence-corrected chi connectivity index (χ1v) is 8.17. The van der Waals surface area contributed by atoms with E-state index in [-0.39, 0.29) is 17.1 Å². The molecule has 106 valence electrons. The van der Waals surface area contributed by atoms with Gasteiger partial charge in [-0.3, -0.25) is 4.90 Å². The number of rotatable bonds is 3. The minimum atomic E-state index is -3.29. The Morgan fingerprint density at radius 3 is 2.74 bits per heavy atom. The molecule has 0 radical (unpaired) electrons. The molecule has 1 heterocycles. The monoisotopic (exact) mass is 306 g/mol. The number of hydrogen-bond acceptors (Lipinski definition) is 3. The summed E-state index contributed by atoms with van der Waals surface area (Å²) in [4.78, 5) is 2.01. The summed E-state index contributed by atoms with van der Waals surface area (Å²) in [5.74, 6) is -0.488. The number of likely N-dealkylation sites (tertiary alicyclic amines) is 1. The molecule has 1 aliphatic rings. The predicted octanol–water partition coefficient (Wildman–Crippen LogP) is 1.77. The van der Waals surface area contributed by atoms with Crippen molar-refractivity contribution in [2.45, 2.75) is 18.5 Å². The van der Waals surface area contributed by atoms with E-state index in [2.05, 4.69) is 4.72 Å². The maximum absolute atomic E-state index is 13.5. The Labute approximate surface area is 117 Å². The highest BCUT2D eigenvalue weighted by Crippen LogP contribution is 2.32. The summed E-state index contributed by atoms with van der Waals surface area (Å²) in [7, 11) is -1.40. The van der Waals surface area contributed by atoms with Crippen LogP contribution >= 0.6 is 11.6 Å². The van der Waals surface area contributed by atoms with Crippen molar-refractivity contribution in [2.75, 3.05) is 19.8 Å². The van der Waals surface area contributed by atoms with Crippen molar-refractivity contribution in [1.29, 1.82) is 0 Å². The van der Waals surface area contributed by atoms with Gasteiger partial charge in [-0.15, -0.1) is 0 Å². The third-order valence-electron chi connectivity index (χ3n) is 3.30. The molecule has 0 aromatic heterocycles. The third kappa shape index (κ3) is 3.45. The van der Waals surface area contributed by atoms with Crippen LogP contribution in [-0.4, -0.2) is 39.2 Å². The summed E-state index contributed by atoms with van der Waals surface area (Å²) in [5.41, 5.74) is 0.725. The Kier molecular flexibility index (Phi) is 4.15. The van der Waals surface area contributed by atoms with E-state index in [1.807, 2.05) is 11.9 Å². The number of likely N-dealkylation sites (N-methyl/N-ethyl adjacent to an activating group) is 1. The Morgan fingerprint density at radius 2 is 2.16 bits per heavy atom. The molecular formula is C12H16ClFN2O2S. The Balaban J connectivity index is 2.31. The van der Waals surface area contributed by atoms with Gasteiger partial charge in [0.25, 0.3) is 0 Å². The van der Waals surface area contributed by atoms with Gasteiger partial charge in [0.05, 0.1) is 17.3 Å². The standard InChI is InChI=1S/C12H16ClFN2O2S/c1-16-6-5-11(15-19(2,17)18)12(16)8-3-4-9(13)10(14)7-8/h3-4,7,11-12,15H,5-6H2,1-2H3/t11-,12-/m0/s1. The van der Waals surface area contributed by atoms with Crippen molar-refractivity contribution in [3.8, 4) is 0 Å². The minimum absolute atomic E-state index is 0.0667. The molecule has 7 heteroatoms. The number of nitrogens with one attached hydrogen (secondary N) is 1. The first kappa shape index (κ1) is 14.7. The molecule has 1 fully saturated rings. The van der Waals surface area contributed by atoms with Crippen molar-refractivity contribution < 1.29 is 12.8 Å². The van der Waals surface area contributed by atoms with Crippen LogP contribution in [0.5, 0.6) is 0 Å². The molecule has 0 aliphatic carbocycles. The van der Waals surface area contributed by atoms with E-state index in [4.69, 9.17) is 11.6 Å². The molecule has 0 amide bonds. The lowest BCUT2D eigenvalue weighted by Gasteiger charge is -2.25. The number of halogens is 2. The summed E-state index contributed by atoms with van der Waals surface area (Å²) in [5, 5.41) is 0.0667. The van der Waals surface area contributed by atoms with E-state index in [1.54, 1.807) is 6.07 Å². The molecule has 1 aromatic carbocycles. The van der Waals surface area contributed by atoms with Crippen LogP contribution in [0.25, 0.3) is 0 Å². The van der Waals surface area contributed by atoms with E-state index in [0.29, 0.717) is 6.42 Å². The zero-order valence-electron chi connectivity index (χ0n) is 10.7. The summed E-state index contributed by atoms with van der Waals surface area (Å²) < 4.78 is 38.9. The van der Waals surface area contributed by atoms with Crippen LogP contribution < -0.4 is 4.72 Å². The Hall–Kier alpha value is -0.690. The number of benzene rings is 1. The molecule has 0 saturated carbocycles. The number of nitrogens with zero attached hydrogens (tertiary/aromatic N) is 1. The Bertz CT molecular complexity index is 579. The normalized spacial score (nSPS) is 24.8. The first-order chi connectivity index (χ1) is 8.78. The molecule has 1 aliphatic heterocycles. The van der Waals surface area contributed by atoms with Gasteiger partial charge in [-0.2, -0.15) is 0 Å². The quantitative estimate of drug-likeness (QED) is 0.926.